The Hall–Kier alpha value is -1.26. The Bertz CT molecular complexity index is 537. The first-order chi connectivity index (χ1) is 9.17. The molecule has 0 saturated heterocycles. The summed E-state index contributed by atoms with van der Waals surface area (Å²) in [5, 5.41) is 3.43. The number of nitrogens with one attached hydrogen (secondary N) is 1. The van der Waals surface area contributed by atoms with Gasteiger partial charge in [-0.1, -0.05) is 22.9 Å². The Morgan fingerprint density at radius 3 is 2.79 bits per heavy atom. The molecule has 0 bridgehead atoms. The molecule has 0 aliphatic rings. The number of rotatable bonds is 5. The van der Waals surface area contributed by atoms with E-state index in [1.165, 1.54) is 0 Å². The van der Waals surface area contributed by atoms with Crippen LogP contribution >= 0.6 is 15.9 Å². The summed E-state index contributed by atoms with van der Waals surface area (Å²) in [5.41, 5.74) is 2.21. The number of benzene rings is 1. The van der Waals surface area contributed by atoms with Crippen LogP contribution in [-0.4, -0.2) is 13.7 Å². The van der Waals surface area contributed by atoms with Crippen LogP contribution in [0.1, 0.15) is 29.9 Å². The highest BCUT2D eigenvalue weighted by Crippen LogP contribution is 2.34. The standard InChI is InChI=1S/C15H18BrNO2/c1-4-17-15(13-6-5-7-19-13)11-9-12(16)10(2)8-14(11)18-3/h5-9,15,17H,4H2,1-3H3. The molecule has 1 heterocycles. The van der Waals surface area contributed by atoms with Gasteiger partial charge in [0.2, 0.25) is 0 Å². The molecule has 102 valence electrons. The number of halogens is 1. The highest BCUT2D eigenvalue weighted by molar-refractivity contribution is 9.10. The highest BCUT2D eigenvalue weighted by atomic mass is 79.9. The number of furan rings is 1. The molecule has 0 aliphatic carbocycles. The molecule has 1 atom stereocenters. The van der Waals surface area contributed by atoms with Crippen molar-refractivity contribution in [3.05, 3.63) is 51.9 Å². The van der Waals surface area contributed by atoms with Gasteiger partial charge in [0.05, 0.1) is 19.4 Å². The summed E-state index contributed by atoms with van der Waals surface area (Å²) < 4.78 is 12.1. The van der Waals surface area contributed by atoms with Gasteiger partial charge < -0.3 is 14.5 Å². The van der Waals surface area contributed by atoms with Crippen molar-refractivity contribution in [3.63, 3.8) is 0 Å². The second kappa shape index (κ2) is 6.26. The highest BCUT2D eigenvalue weighted by Gasteiger charge is 2.20. The molecule has 1 aromatic carbocycles. The fourth-order valence-corrected chi connectivity index (χ4v) is 2.46. The Morgan fingerprint density at radius 2 is 2.21 bits per heavy atom. The Kier molecular flexibility index (Phi) is 4.66. The number of ether oxygens (including phenoxy) is 1. The lowest BCUT2D eigenvalue weighted by Crippen LogP contribution is -2.22. The van der Waals surface area contributed by atoms with E-state index in [0.29, 0.717) is 0 Å². The van der Waals surface area contributed by atoms with Crippen LogP contribution in [0.15, 0.2) is 39.4 Å². The van der Waals surface area contributed by atoms with E-state index >= 15 is 0 Å². The number of hydrogen-bond acceptors (Lipinski definition) is 3. The number of aryl methyl sites for hydroxylation is 1. The quantitative estimate of drug-likeness (QED) is 0.901. The third kappa shape index (κ3) is 3.01. The molecule has 1 N–H and O–H groups in total. The summed E-state index contributed by atoms with van der Waals surface area (Å²) in [6, 6.07) is 7.99. The van der Waals surface area contributed by atoms with Crippen molar-refractivity contribution in [1.82, 2.24) is 5.32 Å². The number of hydrogen-bond donors (Lipinski definition) is 1. The zero-order chi connectivity index (χ0) is 13.8. The van der Waals surface area contributed by atoms with E-state index in [9.17, 15) is 0 Å². The monoisotopic (exact) mass is 323 g/mol. The second-order valence-electron chi connectivity index (χ2n) is 4.35. The molecule has 4 heteroatoms. The normalized spacial score (nSPS) is 12.4. The van der Waals surface area contributed by atoms with Gasteiger partial charge in [0.1, 0.15) is 11.5 Å². The molecule has 0 radical (unpaired) electrons. The zero-order valence-electron chi connectivity index (χ0n) is 11.4. The van der Waals surface area contributed by atoms with Crippen molar-refractivity contribution in [2.75, 3.05) is 13.7 Å². The minimum absolute atomic E-state index is 0.00755. The Labute approximate surface area is 122 Å². The van der Waals surface area contributed by atoms with Gasteiger partial charge in [0, 0.05) is 10.0 Å². The fraction of sp³-hybridized carbons (Fsp3) is 0.333. The lowest BCUT2D eigenvalue weighted by molar-refractivity contribution is 0.393. The molecule has 3 nitrogen and oxygen atoms in total. The topological polar surface area (TPSA) is 34.4 Å². The van der Waals surface area contributed by atoms with E-state index in [1.54, 1.807) is 13.4 Å². The minimum atomic E-state index is -0.00755. The van der Waals surface area contributed by atoms with Gasteiger partial charge in [-0.25, -0.2) is 0 Å². The van der Waals surface area contributed by atoms with Gasteiger partial charge in [-0.3, -0.25) is 0 Å². The maximum absolute atomic E-state index is 5.54. The summed E-state index contributed by atoms with van der Waals surface area (Å²) in [6.07, 6.45) is 1.69. The van der Waals surface area contributed by atoms with Gasteiger partial charge in [-0.15, -0.1) is 0 Å². The molecule has 19 heavy (non-hydrogen) atoms. The van der Waals surface area contributed by atoms with Gasteiger partial charge in [0.15, 0.2) is 0 Å². The van der Waals surface area contributed by atoms with E-state index in [-0.39, 0.29) is 6.04 Å². The molecule has 0 aliphatic heterocycles. The van der Waals surface area contributed by atoms with Crippen LogP contribution in [-0.2, 0) is 0 Å². The first-order valence-electron chi connectivity index (χ1n) is 6.28. The van der Waals surface area contributed by atoms with E-state index < -0.39 is 0 Å². The average molecular weight is 324 g/mol. The summed E-state index contributed by atoms with van der Waals surface area (Å²) in [5.74, 6) is 1.75. The molecule has 1 aromatic heterocycles. The van der Waals surface area contributed by atoms with Crippen molar-refractivity contribution in [2.24, 2.45) is 0 Å². The van der Waals surface area contributed by atoms with E-state index in [0.717, 1.165) is 33.7 Å². The molecule has 1 unspecified atom stereocenters. The first kappa shape index (κ1) is 14.2. The summed E-state index contributed by atoms with van der Waals surface area (Å²) >= 11 is 3.58. The fourth-order valence-electron chi connectivity index (χ4n) is 2.10. The summed E-state index contributed by atoms with van der Waals surface area (Å²) in [4.78, 5) is 0. The SMILES string of the molecule is CCNC(c1ccco1)c1cc(Br)c(C)cc1OC. The molecule has 0 amide bonds. The summed E-state index contributed by atoms with van der Waals surface area (Å²) in [7, 11) is 1.69. The van der Waals surface area contributed by atoms with Crippen LogP contribution in [0.5, 0.6) is 5.75 Å². The van der Waals surface area contributed by atoms with Crippen LogP contribution in [0.2, 0.25) is 0 Å². The molecule has 0 spiro atoms. The van der Waals surface area contributed by atoms with Crippen molar-refractivity contribution >= 4 is 15.9 Å². The molecule has 2 aromatic rings. The van der Waals surface area contributed by atoms with E-state index in [4.69, 9.17) is 9.15 Å². The lowest BCUT2D eigenvalue weighted by Gasteiger charge is -2.20. The summed E-state index contributed by atoms with van der Waals surface area (Å²) in [6.45, 7) is 4.97. The lowest BCUT2D eigenvalue weighted by atomic mass is 10.0. The molecular formula is C15H18BrNO2. The number of methoxy groups -OCH3 is 1. The molecule has 0 fully saturated rings. The Balaban J connectivity index is 2.50. The molecular weight excluding hydrogens is 306 g/mol. The van der Waals surface area contributed by atoms with Crippen LogP contribution in [0, 0.1) is 6.92 Å². The maximum Gasteiger partial charge on any atom is 0.125 e. The van der Waals surface area contributed by atoms with E-state index in [2.05, 4.69) is 34.2 Å². The van der Waals surface area contributed by atoms with Gasteiger partial charge >= 0.3 is 0 Å². The van der Waals surface area contributed by atoms with Crippen LogP contribution in [0.25, 0.3) is 0 Å². The largest absolute Gasteiger partial charge is 0.496 e. The predicted molar refractivity (Wildman–Crippen MR) is 79.7 cm³/mol. The third-order valence-corrected chi connectivity index (χ3v) is 3.91. The van der Waals surface area contributed by atoms with Gasteiger partial charge in [0.25, 0.3) is 0 Å². The molecule has 0 saturated carbocycles. The van der Waals surface area contributed by atoms with Crippen molar-refractivity contribution < 1.29 is 9.15 Å². The van der Waals surface area contributed by atoms with Crippen LogP contribution < -0.4 is 10.1 Å². The van der Waals surface area contributed by atoms with Gasteiger partial charge in [-0.05, 0) is 43.3 Å². The zero-order valence-corrected chi connectivity index (χ0v) is 13.0. The van der Waals surface area contributed by atoms with Crippen LogP contribution in [0.4, 0.5) is 0 Å². The Morgan fingerprint density at radius 1 is 1.42 bits per heavy atom. The third-order valence-electron chi connectivity index (χ3n) is 3.06. The predicted octanol–water partition coefficient (Wildman–Crippen LogP) is 4.06. The van der Waals surface area contributed by atoms with Crippen molar-refractivity contribution in [3.8, 4) is 5.75 Å². The average Bonchev–Trinajstić information content (AvgIpc) is 2.92. The van der Waals surface area contributed by atoms with Crippen molar-refractivity contribution in [1.29, 1.82) is 0 Å². The second-order valence-corrected chi connectivity index (χ2v) is 5.20. The first-order valence-corrected chi connectivity index (χ1v) is 7.07. The van der Waals surface area contributed by atoms with Crippen LogP contribution in [0.3, 0.4) is 0 Å². The van der Waals surface area contributed by atoms with Crippen molar-refractivity contribution in [2.45, 2.75) is 19.9 Å². The molecule has 2 rings (SSSR count). The minimum Gasteiger partial charge on any atom is -0.496 e. The van der Waals surface area contributed by atoms with E-state index in [1.807, 2.05) is 25.1 Å². The maximum atomic E-state index is 5.54. The smallest absolute Gasteiger partial charge is 0.125 e. The van der Waals surface area contributed by atoms with Gasteiger partial charge in [-0.2, -0.15) is 0 Å².